The monoisotopic (exact) mass is 245 g/mol. The molecule has 1 aromatic heterocycles. The zero-order valence-corrected chi connectivity index (χ0v) is 10.4. The molecule has 4 N–H and O–H groups in total. The predicted octanol–water partition coefficient (Wildman–Crippen LogP) is 2.02. The van der Waals surface area contributed by atoms with Crippen LogP contribution < -0.4 is 16.4 Å². The third-order valence-electron chi connectivity index (χ3n) is 2.35. The summed E-state index contributed by atoms with van der Waals surface area (Å²) in [5.74, 6) is 0. The second-order valence-electron chi connectivity index (χ2n) is 3.86. The van der Waals surface area contributed by atoms with Gasteiger partial charge in [-0.1, -0.05) is 0 Å². The first-order chi connectivity index (χ1) is 7.72. The number of halogens is 1. The van der Waals surface area contributed by atoms with Crippen LogP contribution in [0, 0.1) is 5.13 Å². The van der Waals surface area contributed by atoms with Gasteiger partial charge in [-0.25, -0.2) is 0 Å². The summed E-state index contributed by atoms with van der Waals surface area (Å²) < 4.78 is 12.6. The molecule has 0 aliphatic rings. The van der Waals surface area contributed by atoms with Crippen LogP contribution in [0.1, 0.15) is 19.8 Å². The highest BCUT2D eigenvalue weighted by Gasteiger charge is 1.98. The fraction of sp³-hybridized carbons (Fsp3) is 0.636. The fourth-order valence-corrected chi connectivity index (χ4v) is 1.90. The average molecular weight is 245 g/mol. The summed E-state index contributed by atoms with van der Waals surface area (Å²) in [5, 5.41) is 8.17. The minimum atomic E-state index is -0.138. The van der Waals surface area contributed by atoms with Gasteiger partial charge in [-0.3, -0.25) is 0 Å². The third-order valence-corrected chi connectivity index (χ3v) is 3.06. The van der Waals surface area contributed by atoms with E-state index in [2.05, 4.69) is 17.6 Å². The average Bonchev–Trinajstić information content (AvgIpc) is 2.69. The quantitative estimate of drug-likeness (QED) is 0.614. The van der Waals surface area contributed by atoms with Gasteiger partial charge < -0.3 is 16.4 Å². The molecular weight excluding hydrogens is 225 g/mol. The lowest BCUT2D eigenvalue weighted by atomic mass is 10.2. The summed E-state index contributed by atoms with van der Waals surface area (Å²) in [6, 6.07) is 1.92. The normalized spacial score (nSPS) is 12.7. The largest absolute Gasteiger partial charge is 0.384 e. The number of nitrogens with two attached hydrogens (primary N) is 1. The van der Waals surface area contributed by atoms with Crippen molar-refractivity contribution in [1.29, 1.82) is 0 Å². The first kappa shape index (κ1) is 13.4. The van der Waals surface area contributed by atoms with Crippen LogP contribution >= 0.6 is 11.3 Å². The summed E-state index contributed by atoms with van der Waals surface area (Å²) >= 11 is 1.12. The first-order valence-corrected chi connectivity index (χ1v) is 6.51. The van der Waals surface area contributed by atoms with Crippen LogP contribution in [0.2, 0.25) is 0 Å². The zero-order valence-electron chi connectivity index (χ0n) is 9.63. The molecule has 0 bridgehead atoms. The lowest BCUT2D eigenvalue weighted by Crippen LogP contribution is -2.33. The number of anilines is 1. The van der Waals surface area contributed by atoms with Crippen molar-refractivity contribution in [2.24, 2.45) is 5.73 Å². The minimum Gasteiger partial charge on any atom is -0.384 e. The number of unbranched alkanes of at least 4 members (excludes halogenated alkanes) is 1. The Morgan fingerprint density at radius 2 is 2.19 bits per heavy atom. The maximum absolute atomic E-state index is 12.6. The van der Waals surface area contributed by atoms with Crippen LogP contribution in [-0.2, 0) is 0 Å². The number of thiophene rings is 1. The second-order valence-corrected chi connectivity index (χ2v) is 4.73. The van der Waals surface area contributed by atoms with Crippen LogP contribution in [0.3, 0.4) is 0 Å². The molecule has 1 aromatic rings. The second kappa shape index (κ2) is 7.60. The predicted molar refractivity (Wildman–Crippen MR) is 68.5 cm³/mol. The summed E-state index contributed by atoms with van der Waals surface area (Å²) in [5.41, 5.74) is 6.36. The van der Waals surface area contributed by atoms with E-state index in [1.807, 2.05) is 0 Å². The van der Waals surface area contributed by atoms with Crippen LogP contribution in [0.15, 0.2) is 11.4 Å². The summed E-state index contributed by atoms with van der Waals surface area (Å²) in [6.07, 6.45) is 2.17. The highest BCUT2D eigenvalue weighted by atomic mass is 32.1. The molecule has 0 spiro atoms. The van der Waals surface area contributed by atoms with E-state index in [9.17, 15) is 4.39 Å². The van der Waals surface area contributed by atoms with Crippen LogP contribution in [0.5, 0.6) is 0 Å². The highest BCUT2D eigenvalue weighted by molar-refractivity contribution is 7.08. The maximum Gasteiger partial charge on any atom is 0.178 e. The van der Waals surface area contributed by atoms with Crippen molar-refractivity contribution in [3.8, 4) is 0 Å². The van der Waals surface area contributed by atoms with Crippen molar-refractivity contribution in [1.82, 2.24) is 5.32 Å². The van der Waals surface area contributed by atoms with E-state index in [1.165, 1.54) is 6.07 Å². The molecule has 92 valence electrons. The molecule has 1 heterocycles. The van der Waals surface area contributed by atoms with E-state index in [-0.39, 0.29) is 5.13 Å². The van der Waals surface area contributed by atoms with E-state index in [4.69, 9.17) is 5.73 Å². The third kappa shape index (κ3) is 5.44. The molecule has 0 saturated carbocycles. The Bertz CT molecular complexity index is 291. The standard InChI is InChI=1S/C11H20FN3S/c1-9(7-13)14-4-2-3-5-15-10-6-11(12)16-8-10/h6,8-9,14-15H,2-5,7,13H2,1H3/t9-/m0/s1. The fourth-order valence-electron chi connectivity index (χ4n) is 1.32. The summed E-state index contributed by atoms with van der Waals surface area (Å²) in [7, 11) is 0. The van der Waals surface area contributed by atoms with Gasteiger partial charge in [0, 0.05) is 36.3 Å². The van der Waals surface area contributed by atoms with Crippen LogP contribution in [0.25, 0.3) is 0 Å². The van der Waals surface area contributed by atoms with Gasteiger partial charge in [0.25, 0.3) is 0 Å². The van der Waals surface area contributed by atoms with Gasteiger partial charge in [0.05, 0.1) is 0 Å². The minimum absolute atomic E-state index is 0.138. The molecule has 0 saturated heterocycles. The van der Waals surface area contributed by atoms with Crippen molar-refractivity contribution in [3.05, 3.63) is 16.6 Å². The van der Waals surface area contributed by atoms with Gasteiger partial charge >= 0.3 is 0 Å². The zero-order chi connectivity index (χ0) is 11.8. The molecular formula is C11H20FN3S. The number of hydrogen-bond donors (Lipinski definition) is 3. The molecule has 0 radical (unpaired) electrons. The highest BCUT2D eigenvalue weighted by Crippen LogP contribution is 2.16. The van der Waals surface area contributed by atoms with Crippen molar-refractivity contribution >= 4 is 17.0 Å². The Hall–Kier alpha value is -0.650. The van der Waals surface area contributed by atoms with Crippen molar-refractivity contribution in [3.63, 3.8) is 0 Å². The van der Waals surface area contributed by atoms with Crippen molar-refractivity contribution in [2.45, 2.75) is 25.8 Å². The Kier molecular flexibility index (Phi) is 6.37. The number of hydrogen-bond acceptors (Lipinski definition) is 4. The molecule has 0 aromatic carbocycles. The lowest BCUT2D eigenvalue weighted by Gasteiger charge is -2.10. The van der Waals surface area contributed by atoms with Gasteiger partial charge in [0.2, 0.25) is 0 Å². The van der Waals surface area contributed by atoms with Gasteiger partial charge in [-0.15, -0.1) is 11.3 Å². The van der Waals surface area contributed by atoms with E-state index >= 15 is 0 Å². The molecule has 0 fully saturated rings. The van der Waals surface area contributed by atoms with E-state index in [0.29, 0.717) is 12.6 Å². The Balaban J connectivity index is 1.96. The molecule has 1 atom stereocenters. The number of rotatable bonds is 8. The molecule has 0 aliphatic carbocycles. The van der Waals surface area contributed by atoms with Gasteiger partial charge in [-0.2, -0.15) is 4.39 Å². The van der Waals surface area contributed by atoms with Gasteiger partial charge in [0.1, 0.15) is 0 Å². The smallest absolute Gasteiger partial charge is 0.178 e. The van der Waals surface area contributed by atoms with E-state index < -0.39 is 0 Å². The molecule has 3 nitrogen and oxygen atoms in total. The van der Waals surface area contributed by atoms with E-state index in [1.54, 1.807) is 5.38 Å². The molecule has 0 unspecified atom stereocenters. The summed E-state index contributed by atoms with van der Waals surface area (Å²) in [6.45, 7) is 4.62. The van der Waals surface area contributed by atoms with Gasteiger partial charge in [0.15, 0.2) is 5.13 Å². The van der Waals surface area contributed by atoms with Crippen molar-refractivity contribution in [2.75, 3.05) is 25.0 Å². The van der Waals surface area contributed by atoms with Crippen LogP contribution in [0.4, 0.5) is 10.1 Å². The SMILES string of the molecule is C[C@@H](CN)NCCCCNc1csc(F)c1. The topological polar surface area (TPSA) is 50.1 Å². The van der Waals surface area contributed by atoms with Gasteiger partial charge in [-0.05, 0) is 26.3 Å². The maximum atomic E-state index is 12.6. The Morgan fingerprint density at radius 3 is 2.81 bits per heavy atom. The molecule has 1 rings (SSSR count). The van der Waals surface area contributed by atoms with E-state index in [0.717, 1.165) is 43.0 Å². The molecule has 5 heteroatoms. The lowest BCUT2D eigenvalue weighted by molar-refractivity contribution is 0.538. The van der Waals surface area contributed by atoms with Crippen molar-refractivity contribution < 1.29 is 4.39 Å². The molecule has 16 heavy (non-hydrogen) atoms. The summed E-state index contributed by atoms with van der Waals surface area (Å²) in [4.78, 5) is 0. The number of nitrogens with one attached hydrogen (secondary N) is 2. The van der Waals surface area contributed by atoms with Crippen LogP contribution in [-0.4, -0.2) is 25.7 Å². The molecule has 0 aliphatic heterocycles. The Labute approximate surface area is 100 Å². The Morgan fingerprint density at radius 1 is 1.44 bits per heavy atom. The first-order valence-electron chi connectivity index (χ1n) is 5.63. The molecule has 0 amide bonds.